The first kappa shape index (κ1) is 31.2. The molecule has 4 aromatic rings. The summed E-state index contributed by atoms with van der Waals surface area (Å²) in [6.45, 7) is 0. The van der Waals surface area contributed by atoms with Crippen LogP contribution in [0.25, 0.3) is 23.0 Å². The van der Waals surface area contributed by atoms with E-state index in [1.807, 2.05) is 0 Å². The fourth-order valence-electron chi connectivity index (χ4n) is 5.04. The van der Waals surface area contributed by atoms with Gasteiger partial charge in [-0.05, 0) is 65.7 Å². The van der Waals surface area contributed by atoms with E-state index in [2.05, 4.69) is 36.5 Å². The van der Waals surface area contributed by atoms with Gasteiger partial charge in [-0.15, -0.1) is 5.10 Å². The zero-order valence-corrected chi connectivity index (χ0v) is 25.7. The number of hydrogen-bond acceptors (Lipinski definition) is 9. The first-order valence-electron chi connectivity index (χ1n) is 14.3. The lowest BCUT2D eigenvalue weighted by Crippen LogP contribution is -2.39. The Morgan fingerprint density at radius 1 is 1.13 bits per heavy atom. The summed E-state index contributed by atoms with van der Waals surface area (Å²) in [6.07, 6.45) is 8.26. The van der Waals surface area contributed by atoms with Crippen LogP contribution in [-0.2, 0) is 14.3 Å². The summed E-state index contributed by atoms with van der Waals surface area (Å²) in [5.41, 5.74) is 3.75. The van der Waals surface area contributed by atoms with Crippen LogP contribution < -0.4 is 16.0 Å². The molecule has 0 spiro atoms. The number of amides is 3. The van der Waals surface area contributed by atoms with Crippen LogP contribution in [0.15, 0.2) is 55.0 Å². The van der Waals surface area contributed by atoms with E-state index < -0.39 is 18.2 Å². The van der Waals surface area contributed by atoms with Crippen molar-refractivity contribution in [2.75, 3.05) is 31.8 Å². The van der Waals surface area contributed by atoms with E-state index in [0.29, 0.717) is 64.0 Å². The van der Waals surface area contributed by atoms with Crippen molar-refractivity contribution in [3.8, 4) is 16.9 Å². The molecule has 5 rings (SSSR count). The number of ether oxygens (including phenoxy) is 1. The molecule has 2 atom stereocenters. The number of nitrogens with zero attached hydrogens (tertiary/aromatic N) is 6. The van der Waals surface area contributed by atoms with E-state index in [4.69, 9.17) is 21.3 Å². The summed E-state index contributed by atoms with van der Waals surface area (Å²) in [4.78, 5) is 47.8. The number of likely N-dealkylation sites (N-methyl/N-ethyl adjacent to an activating group) is 1. The van der Waals surface area contributed by atoms with Gasteiger partial charge in [-0.1, -0.05) is 24.4 Å². The van der Waals surface area contributed by atoms with Crippen molar-refractivity contribution in [3.63, 3.8) is 0 Å². The van der Waals surface area contributed by atoms with E-state index in [0.717, 1.165) is 6.42 Å². The molecule has 2 aromatic carbocycles. The highest BCUT2D eigenvalue weighted by Crippen LogP contribution is 2.33. The first-order valence-corrected chi connectivity index (χ1v) is 14.6. The number of carbonyl (C=O) groups excluding carboxylic acids is 3. The van der Waals surface area contributed by atoms with Crippen LogP contribution in [0, 0.1) is 0 Å². The zero-order valence-electron chi connectivity index (χ0n) is 25.0. The SMILES string of the molecule is COC(=O)Nc1ccc2c(c1)N[C@@H](C(=O)N(C)C)CCCC[C@H](NC(=O)/C=C/c1cc(Cl)ccc1-n1cnnn1)c1nc-2c[nH]1. The maximum Gasteiger partial charge on any atom is 0.411 e. The Bertz CT molecular complexity index is 1700. The molecular formula is C30H33ClN10O4. The molecule has 0 saturated carbocycles. The third-order valence-corrected chi connectivity index (χ3v) is 7.51. The molecule has 45 heavy (non-hydrogen) atoms. The van der Waals surface area contributed by atoms with Crippen LogP contribution >= 0.6 is 11.6 Å². The van der Waals surface area contributed by atoms with Crippen molar-refractivity contribution in [1.29, 1.82) is 0 Å². The number of fused-ring (bicyclic) bond motifs is 4. The van der Waals surface area contributed by atoms with Gasteiger partial charge in [-0.25, -0.2) is 9.78 Å². The Balaban J connectivity index is 1.42. The molecule has 4 N–H and O–H groups in total. The van der Waals surface area contributed by atoms with Crippen LogP contribution in [0.5, 0.6) is 0 Å². The van der Waals surface area contributed by atoms with Crippen molar-refractivity contribution >= 4 is 47.0 Å². The molecule has 2 aromatic heterocycles. The number of anilines is 2. The second-order valence-corrected chi connectivity index (χ2v) is 11.1. The molecule has 2 bridgehead atoms. The number of imidazole rings is 1. The molecule has 3 amide bonds. The summed E-state index contributed by atoms with van der Waals surface area (Å²) in [5, 5.41) is 20.9. The molecule has 1 aliphatic heterocycles. The van der Waals surface area contributed by atoms with Gasteiger partial charge in [0, 0.05) is 53.9 Å². The lowest BCUT2D eigenvalue weighted by atomic mass is 10.0. The number of rotatable bonds is 6. The largest absolute Gasteiger partial charge is 0.453 e. The average molecular weight is 633 g/mol. The molecule has 0 fully saturated rings. The number of aromatic amines is 1. The Morgan fingerprint density at radius 3 is 2.71 bits per heavy atom. The van der Waals surface area contributed by atoms with Gasteiger partial charge in [0.2, 0.25) is 11.8 Å². The van der Waals surface area contributed by atoms with Gasteiger partial charge >= 0.3 is 6.09 Å². The minimum Gasteiger partial charge on any atom is -0.453 e. The van der Waals surface area contributed by atoms with Gasteiger partial charge in [0.25, 0.3) is 0 Å². The number of hydrogen-bond donors (Lipinski definition) is 4. The molecule has 0 unspecified atom stereocenters. The molecule has 234 valence electrons. The number of tetrazole rings is 1. The predicted molar refractivity (Wildman–Crippen MR) is 169 cm³/mol. The third-order valence-electron chi connectivity index (χ3n) is 7.28. The number of H-pyrrole nitrogens is 1. The summed E-state index contributed by atoms with van der Waals surface area (Å²) in [6, 6.07) is 9.54. The molecule has 0 saturated heterocycles. The number of aromatic nitrogens is 6. The second kappa shape index (κ2) is 14.0. The fourth-order valence-corrected chi connectivity index (χ4v) is 5.22. The number of nitrogens with one attached hydrogen (secondary N) is 4. The maximum absolute atomic E-state index is 13.2. The number of halogens is 1. The highest BCUT2D eigenvalue weighted by atomic mass is 35.5. The highest BCUT2D eigenvalue weighted by Gasteiger charge is 2.25. The standard InChI is InChI=1S/C30H33ClN10O4/c1-40(2)29(43)23-7-5-4-6-22(36-27(42)13-8-18-14-19(31)9-12-26(18)41-17-33-38-39-41)28-32-16-25(37-28)21-11-10-20(15-24(21)35-23)34-30(44)45-3/h8-17,22-23,35H,4-7H2,1-3H3,(H,32,37)(H,34,44)(H,36,42)/b13-8+/t22-,23+/m0/s1. The van der Waals surface area contributed by atoms with Crippen LogP contribution in [0.3, 0.4) is 0 Å². The fraction of sp³-hybridized carbons (Fsp3) is 0.300. The molecule has 0 radical (unpaired) electrons. The van der Waals surface area contributed by atoms with E-state index in [1.165, 1.54) is 24.2 Å². The summed E-state index contributed by atoms with van der Waals surface area (Å²) in [7, 11) is 4.71. The third kappa shape index (κ3) is 7.65. The van der Waals surface area contributed by atoms with Gasteiger partial charge < -0.3 is 25.3 Å². The van der Waals surface area contributed by atoms with Crippen molar-refractivity contribution in [1.82, 2.24) is 40.4 Å². The minimum atomic E-state index is -0.610. The first-order chi connectivity index (χ1) is 21.7. The molecular weight excluding hydrogens is 600 g/mol. The van der Waals surface area contributed by atoms with Crippen molar-refractivity contribution < 1.29 is 19.1 Å². The van der Waals surface area contributed by atoms with Crippen LogP contribution in [0.1, 0.15) is 43.1 Å². The van der Waals surface area contributed by atoms with Crippen LogP contribution in [-0.4, -0.2) is 80.2 Å². The molecule has 15 heteroatoms. The lowest BCUT2D eigenvalue weighted by molar-refractivity contribution is -0.129. The van der Waals surface area contributed by atoms with Crippen molar-refractivity contribution in [2.45, 2.75) is 37.8 Å². The monoisotopic (exact) mass is 632 g/mol. The predicted octanol–water partition coefficient (Wildman–Crippen LogP) is 4.20. The van der Waals surface area contributed by atoms with E-state index >= 15 is 0 Å². The highest BCUT2D eigenvalue weighted by molar-refractivity contribution is 6.30. The van der Waals surface area contributed by atoms with Gasteiger partial charge in [-0.3, -0.25) is 14.9 Å². The maximum atomic E-state index is 13.2. The summed E-state index contributed by atoms with van der Waals surface area (Å²) < 4.78 is 6.22. The van der Waals surface area contributed by atoms with Crippen LogP contribution in [0.4, 0.5) is 16.2 Å². The second-order valence-electron chi connectivity index (χ2n) is 10.6. The minimum absolute atomic E-state index is 0.0795. The average Bonchev–Trinajstić information content (AvgIpc) is 3.73. The Labute approximate surface area is 264 Å². The van der Waals surface area contributed by atoms with Gasteiger partial charge in [-0.2, -0.15) is 4.68 Å². The topological polar surface area (TPSA) is 172 Å². The Morgan fingerprint density at radius 2 is 1.96 bits per heavy atom. The number of benzene rings is 2. The molecule has 0 aliphatic carbocycles. The van der Waals surface area contributed by atoms with E-state index in [-0.39, 0.29) is 11.8 Å². The van der Waals surface area contributed by atoms with Crippen molar-refractivity contribution in [2.24, 2.45) is 0 Å². The zero-order chi connectivity index (χ0) is 31.9. The van der Waals surface area contributed by atoms with Gasteiger partial charge in [0.15, 0.2) is 0 Å². The summed E-state index contributed by atoms with van der Waals surface area (Å²) >= 11 is 6.22. The van der Waals surface area contributed by atoms with Crippen molar-refractivity contribution in [3.05, 3.63) is 71.4 Å². The quantitative estimate of drug-likeness (QED) is 0.227. The van der Waals surface area contributed by atoms with Gasteiger partial charge in [0.1, 0.15) is 18.2 Å². The smallest absolute Gasteiger partial charge is 0.411 e. The van der Waals surface area contributed by atoms with E-state index in [1.54, 1.807) is 67.7 Å². The Kier molecular flexibility index (Phi) is 9.73. The normalized spacial score (nSPS) is 16.4. The lowest BCUT2D eigenvalue weighted by Gasteiger charge is -2.25. The van der Waals surface area contributed by atoms with E-state index in [9.17, 15) is 14.4 Å². The van der Waals surface area contributed by atoms with Crippen LogP contribution in [0.2, 0.25) is 5.02 Å². The van der Waals surface area contributed by atoms with Gasteiger partial charge in [0.05, 0.1) is 24.5 Å². The molecule has 1 aliphatic rings. The number of carbonyl (C=O) groups is 3. The number of methoxy groups -OCH3 is 1. The molecule has 3 heterocycles. The summed E-state index contributed by atoms with van der Waals surface area (Å²) in [5.74, 6) is 0.186. The molecule has 14 nitrogen and oxygen atoms in total. The Hall–Kier alpha value is -5.24.